The van der Waals surface area contributed by atoms with Crippen molar-refractivity contribution >= 4 is 28.1 Å². The Morgan fingerprint density at radius 3 is 3.16 bits per heavy atom. The zero-order valence-corrected chi connectivity index (χ0v) is 17.1. The number of aromatic amines is 1. The third-order valence-electron chi connectivity index (χ3n) is 6.09. The molecule has 6 rings (SSSR count). The number of hydrogen-bond acceptors (Lipinski definition) is 8. The lowest BCUT2D eigenvalue weighted by Gasteiger charge is -2.22. The minimum absolute atomic E-state index is 0.0478. The second kappa shape index (κ2) is 7.46. The molecule has 5 aromatic heterocycles. The maximum absolute atomic E-state index is 9.51. The van der Waals surface area contributed by atoms with Crippen LogP contribution in [0.4, 0.5) is 6.01 Å². The summed E-state index contributed by atoms with van der Waals surface area (Å²) in [6.07, 6.45) is 11.9. The Balaban J connectivity index is 1.27. The number of nitrogens with one attached hydrogen (secondary N) is 1. The van der Waals surface area contributed by atoms with Gasteiger partial charge in [0.15, 0.2) is 5.58 Å². The molecule has 0 aromatic carbocycles. The number of nitriles is 1. The van der Waals surface area contributed by atoms with E-state index < -0.39 is 0 Å². The molecule has 0 amide bonds. The van der Waals surface area contributed by atoms with Crippen LogP contribution in [-0.4, -0.2) is 47.8 Å². The van der Waals surface area contributed by atoms with Crippen LogP contribution in [0.3, 0.4) is 0 Å². The predicted octanol–water partition coefficient (Wildman–Crippen LogP) is 3.34. The fourth-order valence-corrected chi connectivity index (χ4v) is 4.49. The molecule has 0 saturated carbocycles. The molecule has 10 heteroatoms. The van der Waals surface area contributed by atoms with Crippen molar-refractivity contribution in [1.29, 1.82) is 5.26 Å². The van der Waals surface area contributed by atoms with Gasteiger partial charge in [-0.2, -0.15) is 15.3 Å². The van der Waals surface area contributed by atoms with E-state index in [1.54, 1.807) is 24.9 Å². The molecule has 0 radical (unpaired) electrons. The summed E-state index contributed by atoms with van der Waals surface area (Å²) in [6, 6.07) is 6.66. The van der Waals surface area contributed by atoms with E-state index in [1.165, 1.54) is 0 Å². The van der Waals surface area contributed by atoms with Gasteiger partial charge in [-0.1, -0.05) is 0 Å². The maximum Gasteiger partial charge on any atom is 0.298 e. The summed E-state index contributed by atoms with van der Waals surface area (Å²) >= 11 is 0. The van der Waals surface area contributed by atoms with Gasteiger partial charge < -0.3 is 14.3 Å². The quantitative estimate of drug-likeness (QED) is 0.454. The number of aromatic nitrogens is 7. The average Bonchev–Trinajstić information content (AvgIpc) is 3.61. The third kappa shape index (κ3) is 3.06. The van der Waals surface area contributed by atoms with Crippen LogP contribution in [0.2, 0.25) is 0 Å². The van der Waals surface area contributed by atoms with Gasteiger partial charge in [0, 0.05) is 54.6 Å². The monoisotopic (exact) mass is 425 g/mol. The van der Waals surface area contributed by atoms with Crippen molar-refractivity contribution in [2.24, 2.45) is 5.92 Å². The Hall–Kier alpha value is -4.26. The third-order valence-corrected chi connectivity index (χ3v) is 6.09. The molecule has 158 valence electrons. The minimum atomic E-state index is -0.0478. The first-order valence-electron chi connectivity index (χ1n) is 10.5. The molecule has 0 bridgehead atoms. The van der Waals surface area contributed by atoms with E-state index >= 15 is 0 Å². The molecule has 2 unspecified atom stereocenters. The van der Waals surface area contributed by atoms with Crippen LogP contribution in [0.15, 0.2) is 53.9 Å². The number of nitrogens with zero attached hydrogens (tertiary/aromatic N) is 8. The van der Waals surface area contributed by atoms with E-state index in [0.29, 0.717) is 12.4 Å². The molecule has 5 aromatic rings. The number of rotatable bonds is 5. The number of anilines is 1. The van der Waals surface area contributed by atoms with Gasteiger partial charge in [-0.25, -0.2) is 9.97 Å². The fourth-order valence-electron chi connectivity index (χ4n) is 4.49. The molecule has 1 N–H and O–H groups in total. The van der Waals surface area contributed by atoms with Gasteiger partial charge in [0.1, 0.15) is 17.5 Å². The SMILES string of the molecule is N#CCC(C1CCN(c2nc3cnccc3o2)C1)n1cc(-c2ncnc3[nH]ccc23)cn1. The highest BCUT2D eigenvalue weighted by Gasteiger charge is 2.33. The number of hydrogen-bond donors (Lipinski definition) is 1. The van der Waals surface area contributed by atoms with Gasteiger partial charge >= 0.3 is 0 Å². The Bertz CT molecular complexity index is 1410. The van der Waals surface area contributed by atoms with E-state index in [-0.39, 0.29) is 12.0 Å². The number of fused-ring (bicyclic) bond motifs is 2. The maximum atomic E-state index is 9.51. The fraction of sp³-hybridized carbons (Fsp3) is 0.273. The molecule has 1 saturated heterocycles. The normalized spacial score (nSPS) is 17.2. The first kappa shape index (κ1) is 18.5. The van der Waals surface area contributed by atoms with Gasteiger partial charge in [0.05, 0.1) is 36.6 Å². The van der Waals surface area contributed by atoms with Gasteiger partial charge in [0.25, 0.3) is 6.01 Å². The smallest absolute Gasteiger partial charge is 0.298 e. The van der Waals surface area contributed by atoms with Crippen molar-refractivity contribution in [2.45, 2.75) is 18.9 Å². The number of H-pyrrole nitrogens is 1. The second-order valence-corrected chi connectivity index (χ2v) is 7.94. The van der Waals surface area contributed by atoms with Crippen LogP contribution >= 0.6 is 0 Å². The van der Waals surface area contributed by atoms with Crippen molar-refractivity contribution in [3.8, 4) is 17.3 Å². The predicted molar refractivity (Wildman–Crippen MR) is 117 cm³/mol. The van der Waals surface area contributed by atoms with E-state index in [0.717, 1.165) is 52.9 Å². The summed E-state index contributed by atoms with van der Waals surface area (Å²) in [5.41, 5.74) is 3.99. The van der Waals surface area contributed by atoms with Crippen molar-refractivity contribution in [2.75, 3.05) is 18.0 Å². The van der Waals surface area contributed by atoms with Gasteiger partial charge in [0.2, 0.25) is 0 Å². The van der Waals surface area contributed by atoms with Crippen LogP contribution in [0, 0.1) is 17.2 Å². The summed E-state index contributed by atoms with van der Waals surface area (Å²) in [6.45, 7) is 1.56. The topological polar surface area (TPSA) is 125 Å². The van der Waals surface area contributed by atoms with E-state index in [4.69, 9.17) is 4.42 Å². The Kier molecular flexibility index (Phi) is 4.31. The van der Waals surface area contributed by atoms with Gasteiger partial charge in [-0.3, -0.25) is 9.67 Å². The van der Waals surface area contributed by atoms with Crippen LogP contribution in [0.25, 0.3) is 33.4 Å². The van der Waals surface area contributed by atoms with Crippen molar-refractivity contribution in [3.05, 3.63) is 49.4 Å². The Labute approximate surface area is 182 Å². The van der Waals surface area contributed by atoms with Crippen molar-refractivity contribution in [1.82, 2.24) is 34.7 Å². The molecular weight excluding hydrogens is 406 g/mol. The zero-order chi connectivity index (χ0) is 21.5. The first-order chi connectivity index (χ1) is 15.8. The first-order valence-corrected chi connectivity index (χ1v) is 10.5. The van der Waals surface area contributed by atoms with Crippen molar-refractivity contribution in [3.63, 3.8) is 0 Å². The van der Waals surface area contributed by atoms with Crippen LogP contribution in [0.1, 0.15) is 18.9 Å². The molecule has 6 heterocycles. The number of pyridine rings is 1. The highest BCUT2D eigenvalue weighted by molar-refractivity contribution is 5.90. The summed E-state index contributed by atoms with van der Waals surface area (Å²) in [5, 5.41) is 15.1. The molecule has 10 nitrogen and oxygen atoms in total. The van der Waals surface area contributed by atoms with Crippen LogP contribution in [-0.2, 0) is 0 Å². The van der Waals surface area contributed by atoms with Gasteiger partial charge in [-0.05, 0) is 12.5 Å². The standard InChI is InChI=1S/C22H19N9O/c23-5-1-18(14-4-8-30(11-14)22-29-17-10-24-6-3-19(17)32-22)31-12-15(9-28-31)20-16-2-7-25-21(16)27-13-26-20/h2-3,6-7,9-10,12-14,18H,1,4,8,11H2,(H,25,26,27). The van der Waals surface area contributed by atoms with E-state index in [9.17, 15) is 5.26 Å². The highest BCUT2D eigenvalue weighted by atomic mass is 16.4. The molecule has 1 aliphatic rings. The van der Waals surface area contributed by atoms with Crippen LogP contribution < -0.4 is 4.90 Å². The Morgan fingerprint density at radius 2 is 2.25 bits per heavy atom. The van der Waals surface area contributed by atoms with Crippen LogP contribution in [0.5, 0.6) is 0 Å². The molecule has 0 spiro atoms. The molecule has 1 aliphatic heterocycles. The number of oxazole rings is 1. The zero-order valence-electron chi connectivity index (χ0n) is 17.1. The summed E-state index contributed by atoms with van der Waals surface area (Å²) in [4.78, 5) is 22.6. The molecular formula is C22H19N9O. The summed E-state index contributed by atoms with van der Waals surface area (Å²) in [5.74, 6) is 0.244. The summed E-state index contributed by atoms with van der Waals surface area (Å²) < 4.78 is 7.82. The molecule has 1 fully saturated rings. The van der Waals surface area contributed by atoms with E-state index in [1.807, 2.05) is 29.2 Å². The summed E-state index contributed by atoms with van der Waals surface area (Å²) in [7, 11) is 0. The van der Waals surface area contributed by atoms with E-state index in [2.05, 4.69) is 41.0 Å². The minimum Gasteiger partial charge on any atom is -0.423 e. The second-order valence-electron chi connectivity index (χ2n) is 7.94. The lowest BCUT2D eigenvalue weighted by molar-refractivity contribution is 0.331. The van der Waals surface area contributed by atoms with Crippen molar-refractivity contribution < 1.29 is 4.42 Å². The Morgan fingerprint density at radius 1 is 1.28 bits per heavy atom. The average molecular weight is 425 g/mol. The van der Waals surface area contributed by atoms with Gasteiger partial charge in [-0.15, -0.1) is 0 Å². The lowest BCUT2D eigenvalue weighted by Crippen LogP contribution is -2.25. The molecule has 32 heavy (non-hydrogen) atoms. The lowest BCUT2D eigenvalue weighted by atomic mass is 9.96. The largest absolute Gasteiger partial charge is 0.423 e. The molecule has 2 atom stereocenters. The molecule has 0 aliphatic carbocycles. The highest BCUT2D eigenvalue weighted by Crippen LogP contribution is 2.34.